The summed E-state index contributed by atoms with van der Waals surface area (Å²) >= 11 is 12.3. The molecule has 1 saturated heterocycles. The van der Waals surface area contributed by atoms with Gasteiger partial charge in [0.1, 0.15) is 5.82 Å². The number of likely N-dealkylation sites (tertiary alicyclic amines) is 1. The third kappa shape index (κ3) is 5.09. The molecular formula is C24H23Cl2FN2O2S. The molecule has 0 N–H and O–H groups in total. The van der Waals surface area contributed by atoms with Gasteiger partial charge in [0.25, 0.3) is 10.0 Å². The highest BCUT2D eigenvalue weighted by Crippen LogP contribution is 2.31. The fourth-order valence-corrected chi connectivity index (χ4v) is 6.06. The summed E-state index contributed by atoms with van der Waals surface area (Å²) in [6.45, 7) is 2.17. The highest BCUT2D eigenvalue weighted by atomic mass is 35.5. The molecule has 168 valence electrons. The molecule has 8 heteroatoms. The first-order valence-electron chi connectivity index (χ1n) is 10.4. The van der Waals surface area contributed by atoms with Crippen LogP contribution in [0.25, 0.3) is 0 Å². The number of sulfonamides is 1. The first-order chi connectivity index (χ1) is 15.3. The van der Waals surface area contributed by atoms with Gasteiger partial charge in [-0.3, -0.25) is 9.21 Å². The van der Waals surface area contributed by atoms with Crippen molar-refractivity contribution < 1.29 is 12.8 Å². The van der Waals surface area contributed by atoms with Gasteiger partial charge in [-0.25, -0.2) is 12.8 Å². The summed E-state index contributed by atoms with van der Waals surface area (Å²) in [5.74, 6) is -0.410. The number of anilines is 1. The second kappa shape index (κ2) is 9.79. The van der Waals surface area contributed by atoms with Crippen molar-refractivity contribution in [3.63, 3.8) is 0 Å². The topological polar surface area (TPSA) is 40.6 Å². The molecule has 1 heterocycles. The SMILES string of the molecule is O=S(=O)(c1ccc(Cl)cc1)N(c1ccc(F)cc1)C1CCN(Cc2ccccc2Cl)CC1. The summed E-state index contributed by atoms with van der Waals surface area (Å²) in [5.41, 5.74) is 1.50. The van der Waals surface area contributed by atoms with Crippen LogP contribution in [0.4, 0.5) is 10.1 Å². The van der Waals surface area contributed by atoms with E-state index in [4.69, 9.17) is 23.2 Å². The Morgan fingerprint density at radius 1 is 0.906 bits per heavy atom. The first kappa shape index (κ1) is 23.1. The first-order valence-corrected chi connectivity index (χ1v) is 12.6. The fraction of sp³-hybridized carbons (Fsp3) is 0.250. The van der Waals surface area contributed by atoms with Gasteiger partial charge in [-0.05, 0) is 73.0 Å². The van der Waals surface area contributed by atoms with Gasteiger partial charge in [0.2, 0.25) is 0 Å². The maximum atomic E-state index is 13.6. The monoisotopic (exact) mass is 492 g/mol. The fourth-order valence-electron chi connectivity index (χ4n) is 4.03. The smallest absolute Gasteiger partial charge is 0.264 e. The Morgan fingerprint density at radius 3 is 2.16 bits per heavy atom. The quantitative estimate of drug-likeness (QED) is 0.424. The molecule has 4 nitrogen and oxygen atoms in total. The molecule has 0 saturated carbocycles. The predicted octanol–water partition coefficient (Wildman–Crippen LogP) is 5.99. The molecule has 0 spiro atoms. The third-order valence-electron chi connectivity index (χ3n) is 5.69. The second-order valence-electron chi connectivity index (χ2n) is 7.83. The van der Waals surface area contributed by atoms with E-state index in [-0.39, 0.29) is 10.9 Å². The lowest BCUT2D eigenvalue weighted by Crippen LogP contribution is -2.47. The molecule has 0 bridgehead atoms. The van der Waals surface area contributed by atoms with E-state index in [0.29, 0.717) is 30.1 Å². The molecule has 0 radical (unpaired) electrons. The Kier molecular flexibility index (Phi) is 7.05. The Labute approximate surface area is 198 Å². The lowest BCUT2D eigenvalue weighted by molar-refractivity contribution is 0.206. The number of nitrogens with zero attached hydrogens (tertiary/aromatic N) is 2. The van der Waals surface area contributed by atoms with E-state index in [1.807, 2.05) is 24.3 Å². The number of piperidine rings is 1. The molecule has 4 rings (SSSR count). The van der Waals surface area contributed by atoms with Gasteiger partial charge < -0.3 is 0 Å². The standard InChI is InChI=1S/C24H23Cl2FN2O2S/c25-19-5-11-23(12-6-19)32(30,31)29(21-9-7-20(27)8-10-21)22-13-15-28(16-14-22)17-18-3-1-2-4-24(18)26/h1-12,22H,13-17H2. The van der Waals surface area contributed by atoms with Crippen LogP contribution in [0.15, 0.2) is 77.7 Å². The normalized spacial score (nSPS) is 15.6. The Bertz CT molecular complexity index is 1160. The minimum absolute atomic E-state index is 0.157. The van der Waals surface area contributed by atoms with E-state index in [9.17, 15) is 12.8 Å². The zero-order valence-corrected chi connectivity index (χ0v) is 19.6. The van der Waals surface area contributed by atoms with Crippen LogP contribution in [0.2, 0.25) is 10.0 Å². The van der Waals surface area contributed by atoms with Gasteiger partial charge in [0.05, 0.1) is 10.6 Å². The molecule has 32 heavy (non-hydrogen) atoms. The van der Waals surface area contributed by atoms with Crippen LogP contribution < -0.4 is 4.31 Å². The molecule has 3 aromatic rings. The maximum Gasteiger partial charge on any atom is 0.264 e. The molecule has 1 fully saturated rings. The molecule has 0 unspecified atom stereocenters. The van der Waals surface area contributed by atoms with Gasteiger partial charge in [-0.15, -0.1) is 0 Å². The molecule has 0 aliphatic carbocycles. The third-order valence-corrected chi connectivity index (χ3v) is 8.21. The summed E-state index contributed by atoms with van der Waals surface area (Å²) in [4.78, 5) is 2.43. The molecule has 1 aliphatic rings. The van der Waals surface area contributed by atoms with Crippen LogP contribution in [0.3, 0.4) is 0 Å². The Hall–Kier alpha value is -2.12. The Morgan fingerprint density at radius 2 is 1.53 bits per heavy atom. The van der Waals surface area contributed by atoms with E-state index in [1.165, 1.54) is 40.7 Å². The van der Waals surface area contributed by atoms with Crippen LogP contribution in [0.1, 0.15) is 18.4 Å². The van der Waals surface area contributed by atoms with Crippen molar-refractivity contribution in [2.24, 2.45) is 0 Å². The number of rotatable bonds is 6. The largest absolute Gasteiger partial charge is 0.299 e. The average molecular weight is 493 g/mol. The zero-order valence-electron chi connectivity index (χ0n) is 17.3. The van der Waals surface area contributed by atoms with Gasteiger partial charge in [-0.2, -0.15) is 0 Å². The van der Waals surface area contributed by atoms with Crippen molar-refractivity contribution >= 4 is 38.9 Å². The molecule has 0 aromatic heterocycles. The second-order valence-corrected chi connectivity index (χ2v) is 10.5. The summed E-state index contributed by atoms with van der Waals surface area (Å²) in [6, 6.07) is 19.2. The van der Waals surface area contributed by atoms with Crippen LogP contribution >= 0.6 is 23.2 Å². The van der Waals surface area contributed by atoms with Crippen molar-refractivity contribution in [3.8, 4) is 0 Å². The van der Waals surface area contributed by atoms with Gasteiger partial charge in [0, 0.05) is 35.7 Å². The highest BCUT2D eigenvalue weighted by molar-refractivity contribution is 7.92. The van der Waals surface area contributed by atoms with Crippen LogP contribution in [-0.2, 0) is 16.6 Å². The highest BCUT2D eigenvalue weighted by Gasteiger charge is 2.34. The summed E-state index contributed by atoms with van der Waals surface area (Å²) in [7, 11) is -3.85. The van der Waals surface area contributed by atoms with Gasteiger partial charge in [0.15, 0.2) is 0 Å². The van der Waals surface area contributed by atoms with Crippen LogP contribution in [0, 0.1) is 5.82 Å². The van der Waals surface area contributed by atoms with Crippen molar-refractivity contribution in [1.29, 1.82) is 0 Å². The number of hydrogen-bond donors (Lipinski definition) is 0. The molecule has 1 aliphatic heterocycles. The number of hydrogen-bond acceptors (Lipinski definition) is 3. The molecule has 0 amide bonds. The lowest BCUT2D eigenvalue weighted by atomic mass is 10.0. The van der Waals surface area contributed by atoms with E-state index in [0.717, 1.165) is 23.7 Å². The number of halogens is 3. The van der Waals surface area contributed by atoms with Crippen molar-refractivity contribution in [1.82, 2.24) is 4.90 Å². The minimum Gasteiger partial charge on any atom is -0.299 e. The zero-order chi connectivity index (χ0) is 22.7. The van der Waals surface area contributed by atoms with Gasteiger partial charge in [-0.1, -0.05) is 41.4 Å². The molecule has 0 atom stereocenters. The average Bonchev–Trinajstić information content (AvgIpc) is 2.78. The molecular weight excluding hydrogens is 470 g/mol. The Balaban J connectivity index is 1.58. The number of benzene rings is 3. The van der Waals surface area contributed by atoms with E-state index in [1.54, 1.807) is 12.1 Å². The predicted molar refractivity (Wildman–Crippen MR) is 127 cm³/mol. The van der Waals surface area contributed by atoms with Crippen molar-refractivity contribution in [3.05, 3.63) is 94.2 Å². The molecule has 3 aromatic carbocycles. The lowest BCUT2D eigenvalue weighted by Gasteiger charge is -2.39. The van der Waals surface area contributed by atoms with Gasteiger partial charge >= 0.3 is 0 Å². The van der Waals surface area contributed by atoms with Crippen molar-refractivity contribution in [2.75, 3.05) is 17.4 Å². The van der Waals surface area contributed by atoms with E-state index < -0.39 is 15.8 Å². The summed E-state index contributed by atoms with van der Waals surface area (Å²) < 4.78 is 42.2. The minimum atomic E-state index is -3.85. The summed E-state index contributed by atoms with van der Waals surface area (Å²) in [6.07, 6.45) is 1.29. The van der Waals surface area contributed by atoms with Crippen LogP contribution in [-0.4, -0.2) is 32.4 Å². The maximum absolute atomic E-state index is 13.6. The van der Waals surface area contributed by atoms with Crippen molar-refractivity contribution in [2.45, 2.75) is 30.3 Å². The van der Waals surface area contributed by atoms with E-state index >= 15 is 0 Å². The van der Waals surface area contributed by atoms with E-state index in [2.05, 4.69) is 4.90 Å². The summed E-state index contributed by atoms with van der Waals surface area (Å²) in [5, 5.41) is 1.19. The van der Waals surface area contributed by atoms with Crippen LogP contribution in [0.5, 0.6) is 0 Å².